The van der Waals surface area contributed by atoms with Crippen LogP contribution in [0.15, 0.2) is 136 Å². The van der Waals surface area contributed by atoms with Crippen LogP contribution in [0.25, 0.3) is 0 Å². The minimum absolute atomic E-state index is 0.0137. The van der Waals surface area contributed by atoms with E-state index in [1.807, 2.05) is 61.5 Å². The standard InChI is InChI=1S/C54H66N4O14/c1-9-25-66-50-49(72-50)57-47-31-41(19-13-37(47)5)55-52(60)70-45(33-64-29-27-62-11-3)35-68-43-21-15-39(16-22-43)54(7,8)40-17-23-44(24-18-40)69-36-46(34-65-30-28-63-12-4)71-53(61)56-42-20-14-38(6)48(32-42)58-51(59)67-26-10-2/h9-24,31-32,45-46,49-50,57H,1-4,25-30,33-36H2,5-8H3,(H,55,60)(H,56,61)(H,58,59). The minimum Gasteiger partial charge on any atom is -0.499 e. The van der Waals surface area contributed by atoms with Gasteiger partial charge in [0.25, 0.3) is 0 Å². The first-order valence-electron chi connectivity index (χ1n) is 23.2. The molecule has 18 heteroatoms. The zero-order valence-corrected chi connectivity index (χ0v) is 41.3. The van der Waals surface area contributed by atoms with Crippen LogP contribution in [0.5, 0.6) is 11.5 Å². The molecule has 1 saturated heterocycles. The number of carbonyl (C=O) groups is 3. The third kappa shape index (κ3) is 18.7. The molecule has 4 unspecified atom stereocenters. The fourth-order valence-corrected chi connectivity index (χ4v) is 6.74. The predicted octanol–water partition coefficient (Wildman–Crippen LogP) is 10.0. The molecule has 3 amide bonds. The summed E-state index contributed by atoms with van der Waals surface area (Å²) in [5.74, 6) is 1.12. The lowest BCUT2D eigenvalue weighted by Crippen LogP contribution is -2.32. The van der Waals surface area contributed by atoms with Crippen molar-refractivity contribution in [1.29, 1.82) is 0 Å². The molecule has 0 bridgehead atoms. The third-order valence-corrected chi connectivity index (χ3v) is 10.8. The first-order chi connectivity index (χ1) is 34.8. The van der Waals surface area contributed by atoms with E-state index >= 15 is 0 Å². The van der Waals surface area contributed by atoms with Gasteiger partial charge >= 0.3 is 18.3 Å². The number of ether oxygens (including phenoxy) is 11. The molecule has 1 heterocycles. The highest BCUT2D eigenvalue weighted by molar-refractivity contribution is 5.90. The maximum absolute atomic E-state index is 13.2. The molecule has 1 aliphatic heterocycles. The van der Waals surface area contributed by atoms with Gasteiger partial charge in [0.05, 0.1) is 45.6 Å². The lowest BCUT2D eigenvalue weighted by molar-refractivity contribution is -0.00716. The predicted molar refractivity (Wildman–Crippen MR) is 274 cm³/mol. The van der Waals surface area contributed by atoms with Crippen molar-refractivity contribution in [3.8, 4) is 11.5 Å². The van der Waals surface area contributed by atoms with Crippen molar-refractivity contribution >= 4 is 41.0 Å². The number of aryl methyl sites for hydroxylation is 2. The van der Waals surface area contributed by atoms with Crippen LogP contribution < -0.4 is 30.7 Å². The van der Waals surface area contributed by atoms with Crippen LogP contribution in [0.2, 0.25) is 0 Å². The van der Waals surface area contributed by atoms with E-state index < -0.39 is 35.9 Å². The topological polar surface area (TPSA) is 204 Å². The molecule has 0 radical (unpaired) electrons. The van der Waals surface area contributed by atoms with Gasteiger partial charge in [-0.25, -0.2) is 14.4 Å². The Hall–Kier alpha value is -7.51. The summed E-state index contributed by atoms with van der Waals surface area (Å²) in [6.07, 6.45) is 1.41. The SMILES string of the molecule is C=CCOC(=O)Nc1cc(NC(=O)OC(COCCOC=C)COc2ccc(C(C)(C)c3ccc(OCC(COCCOC=C)OC(=O)Nc4ccc(C)c(NC5OC5OCC=C)c4)cc3)cc2)ccc1C. The van der Waals surface area contributed by atoms with E-state index in [0.29, 0.717) is 35.2 Å². The fraction of sp³-hybridized carbons (Fsp3) is 0.352. The maximum Gasteiger partial charge on any atom is 0.412 e. The summed E-state index contributed by atoms with van der Waals surface area (Å²) >= 11 is 0. The van der Waals surface area contributed by atoms with E-state index in [1.54, 1.807) is 43.3 Å². The molecule has 18 nitrogen and oxygen atoms in total. The molecule has 72 heavy (non-hydrogen) atoms. The van der Waals surface area contributed by atoms with Gasteiger partial charge in [-0.2, -0.15) is 0 Å². The van der Waals surface area contributed by atoms with Crippen LogP contribution in [-0.4, -0.2) is 109 Å². The number of hydrogen-bond acceptors (Lipinski definition) is 15. The van der Waals surface area contributed by atoms with Crippen molar-refractivity contribution in [3.63, 3.8) is 0 Å². The normalized spacial score (nSPS) is 14.5. The average molecular weight is 995 g/mol. The van der Waals surface area contributed by atoms with E-state index in [2.05, 4.69) is 61.4 Å². The van der Waals surface area contributed by atoms with E-state index in [-0.39, 0.29) is 72.0 Å². The number of benzene rings is 4. The van der Waals surface area contributed by atoms with Gasteiger partial charge < -0.3 is 57.4 Å². The Morgan fingerprint density at radius 2 is 1.10 bits per heavy atom. The van der Waals surface area contributed by atoms with Crippen molar-refractivity contribution in [3.05, 3.63) is 158 Å². The fourth-order valence-electron chi connectivity index (χ4n) is 6.74. The number of nitrogens with one attached hydrogen (secondary N) is 4. The monoisotopic (exact) mass is 994 g/mol. The lowest BCUT2D eigenvalue weighted by Gasteiger charge is -2.27. The minimum atomic E-state index is -0.804. The molecule has 4 aromatic rings. The number of carbonyl (C=O) groups excluding carboxylic acids is 3. The Balaban J connectivity index is 1.15. The largest absolute Gasteiger partial charge is 0.499 e. The number of amides is 3. The Bertz CT molecular complexity index is 2390. The zero-order valence-electron chi connectivity index (χ0n) is 41.3. The summed E-state index contributed by atoms with van der Waals surface area (Å²) in [7, 11) is 0. The van der Waals surface area contributed by atoms with E-state index in [9.17, 15) is 14.4 Å². The van der Waals surface area contributed by atoms with Gasteiger partial charge in [0.2, 0.25) is 6.29 Å². The third-order valence-electron chi connectivity index (χ3n) is 10.8. The number of epoxide rings is 1. The Labute approximate surface area is 421 Å². The van der Waals surface area contributed by atoms with Crippen LogP contribution in [0, 0.1) is 13.8 Å². The molecule has 0 aromatic heterocycles. The second-order valence-corrected chi connectivity index (χ2v) is 16.6. The molecule has 386 valence electrons. The van der Waals surface area contributed by atoms with Crippen molar-refractivity contribution in [2.45, 2.75) is 57.8 Å². The number of rotatable bonds is 32. The van der Waals surface area contributed by atoms with Gasteiger partial charge in [0.1, 0.15) is 44.5 Å². The summed E-state index contributed by atoms with van der Waals surface area (Å²) < 4.78 is 61.5. The summed E-state index contributed by atoms with van der Waals surface area (Å²) in [5, 5.41) is 11.4. The second-order valence-electron chi connectivity index (χ2n) is 16.6. The molecule has 0 aliphatic carbocycles. The summed E-state index contributed by atoms with van der Waals surface area (Å²) in [6.45, 7) is 23.8. The number of hydrogen-bond donors (Lipinski definition) is 4. The Kier molecular flexibility index (Phi) is 22.3. The smallest absolute Gasteiger partial charge is 0.412 e. The van der Waals surface area contributed by atoms with Crippen LogP contribution in [0.3, 0.4) is 0 Å². The summed E-state index contributed by atoms with van der Waals surface area (Å²) in [5.41, 5.74) is 5.43. The molecule has 1 fully saturated rings. The highest BCUT2D eigenvalue weighted by Crippen LogP contribution is 2.34. The van der Waals surface area contributed by atoms with Crippen molar-refractivity contribution in [2.75, 3.05) is 87.3 Å². The lowest BCUT2D eigenvalue weighted by atomic mass is 9.78. The zero-order chi connectivity index (χ0) is 51.7. The molecule has 0 spiro atoms. The molecular formula is C54H66N4O14. The second kappa shape index (κ2) is 29.0. The van der Waals surface area contributed by atoms with Gasteiger partial charge in [0.15, 0.2) is 18.4 Å². The van der Waals surface area contributed by atoms with Crippen LogP contribution in [0.1, 0.15) is 36.1 Å². The van der Waals surface area contributed by atoms with Crippen molar-refractivity contribution in [2.24, 2.45) is 0 Å². The summed E-state index contributed by atoms with van der Waals surface area (Å²) in [4.78, 5) is 38.4. The van der Waals surface area contributed by atoms with Crippen molar-refractivity contribution in [1.82, 2.24) is 0 Å². The average Bonchev–Trinajstić information content (AvgIpc) is 4.12. The van der Waals surface area contributed by atoms with Gasteiger partial charge in [-0.3, -0.25) is 16.0 Å². The van der Waals surface area contributed by atoms with Crippen LogP contribution in [-0.2, 0) is 48.0 Å². The van der Waals surface area contributed by atoms with Gasteiger partial charge in [-0.15, -0.1) is 6.58 Å². The molecule has 4 aromatic carbocycles. The van der Waals surface area contributed by atoms with Gasteiger partial charge in [0, 0.05) is 28.2 Å². The molecule has 1 aliphatic rings. The summed E-state index contributed by atoms with van der Waals surface area (Å²) in [6, 6.07) is 25.8. The Morgan fingerprint density at radius 3 is 1.58 bits per heavy atom. The molecule has 0 saturated carbocycles. The first-order valence-corrected chi connectivity index (χ1v) is 23.2. The van der Waals surface area contributed by atoms with Crippen molar-refractivity contribution < 1.29 is 66.5 Å². The van der Waals surface area contributed by atoms with Crippen LogP contribution in [0.4, 0.5) is 37.1 Å². The highest BCUT2D eigenvalue weighted by atomic mass is 16.8. The molecule has 4 atom stereocenters. The number of anilines is 4. The Morgan fingerprint density at radius 1 is 0.611 bits per heavy atom. The highest BCUT2D eigenvalue weighted by Gasteiger charge is 2.40. The van der Waals surface area contributed by atoms with E-state index in [4.69, 9.17) is 52.1 Å². The van der Waals surface area contributed by atoms with Crippen LogP contribution >= 0.6 is 0 Å². The quantitative estimate of drug-likeness (QED) is 0.0118. The van der Waals surface area contributed by atoms with E-state index in [0.717, 1.165) is 27.9 Å². The molecular weight excluding hydrogens is 929 g/mol. The van der Waals surface area contributed by atoms with Gasteiger partial charge in [-0.05, 0) is 84.6 Å². The molecule has 4 N–H and O–H groups in total. The van der Waals surface area contributed by atoms with E-state index in [1.165, 1.54) is 18.6 Å². The first kappa shape index (κ1) is 55.4. The van der Waals surface area contributed by atoms with Gasteiger partial charge in [-0.1, -0.05) is 82.1 Å². The molecule has 5 rings (SSSR count). The maximum atomic E-state index is 13.2.